The molecule has 3 rings (SSSR count). The second kappa shape index (κ2) is 23.7. The molecule has 0 amide bonds. The minimum Gasteiger partial charge on any atom is -0.481 e. The number of nitrogens with one attached hydrogen (secondary N) is 1. The molecule has 0 aliphatic carbocycles. The number of carboxylic acid groups (broad SMARTS) is 1. The molecule has 49 heavy (non-hydrogen) atoms. The van der Waals surface area contributed by atoms with Crippen LogP contribution in [0, 0.1) is 12.8 Å². The van der Waals surface area contributed by atoms with Crippen LogP contribution in [0.2, 0.25) is 0 Å². The lowest BCUT2D eigenvalue weighted by Gasteiger charge is -2.33. The molecule has 0 saturated heterocycles. The highest BCUT2D eigenvalue weighted by molar-refractivity contribution is 5.71. The molecule has 5 nitrogen and oxygen atoms in total. The Morgan fingerprint density at radius 1 is 0.714 bits per heavy atom. The van der Waals surface area contributed by atoms with E-state index < -0.39 is 5.97 Å². The number of carbonyl (C=O) groups is 1. The number of nitrogens with zero attached hydrogens (tertiary/aromatic N) is 1. The predicted octanol–water partition coefficient (Wildman–Crippen LogP) is 13.4. The minimum absolute atomic E-state index is 0.000650. The summed E-state index contributed by atoms with van der Waals surface area (Å²) in [6, 6.07) is 11.0. The van der Waals surface area contributed by atoms with E-state index in [1.54, 1.807) is 0 Å². The maximum absolute atomic E-state index is 12.7. The van der Waals surface area contributed by atoms with Crippen molar-refractivity contribution < 1.29 is 14.6 Å². The average Bonchev–Trinajstić information content (AvgIpc) is 3.10. The number of aliphatic carboxylic acids is 1. The van der Waals surface area contributed by atoms with Gasteiger partial charge in [0.1, 0.15) is 11.5 Å². The monoisotopic (exact) mass is 677 g/mol. The van der Waals surface area contributed by atoms with Gasteiger partial charge in [-0.15, -0.1) is 0 Å². The number of aryl methyl sites for hydroxylation is 1. The van der Waals surface area contributed by atoms with Crippen LogP contribution in [0.4, 0.5) is 11.4 Å². The third-order valence-corrected chi connectivity index (χ3v) is 10.8. The van der Waals surface area contributed by atoms with E-state index in [4.69, 9.17) is 4.74 Å². The van der Waals surface area contributed by atoms with Crippen molar-refractivity contribution in [1.82, 2.24) is 0 Å². The van der Waals surface area contributed by atoms with Crippen LogP contribution in [0.15, 0.2) is 30.3 Å². The van der Waals surface area contributed by atoms with E-state index in [2.05, 4.69) is 68.2 Å². The summed E-state index contributed by atoms with van der Waals surface area (Å²) in [5.41, 5.74) is 5.64. The molecule has 0 radical (unpaired) electrons. The van der Waals surface area contributed by atoms with E-state index in [0.29, 0.717) is 6.42 Å². The molecule has 1 aliphatic heterocycles. The van der Waals surface area contributed by atoms with Crippen LogP contribution in [0.1, 0.15) is 185 Å². The van der Waals surface area contributed by atoms with Crippen LogP contribution >= 0.6 is 0 Å². The summed E-state index contributed by atoms with van der Waals surface area (Å²) < 4.78 is 6.63. The Morgan fingerprint density at radius 3 is 1.73 bits per heavy atom. The van der Waals surface area contributed by atoms with E-state index in [0.717, 1.165) is 79.1 Å². The summed E-state index contributed by atoms with van der Waals surface area (Å²) in [5, 5.41) is 13.7. The molecular weight excluding hydrogens is 604 g/mol. The average molecular weight is 677 g/mol. The molecule has 2 aromatic rings. The molecule has 0 saturated carbocycles. The van der Waals surface area contributed by atoms with Gasteiger partial charge >= 0.3 is 5.97 Å². The van der Waals surface area contributed by atoms with Gasteiger partial charge in [0, 0.05) is 60.7 Å². The lowest BCUT2D eigenvalue weighted by molar-refractivity contribution is -0.142. The summed E-state index contributed by atoms with van der Waals surface area (Å²) in [4.78, 5) is 15.1. The fraction of sp³-hybridized carbons (Fsp3) is 0.705. The van der Waals surface area contributed by atoms with Crippen molar-refractivity contribution in [3.8, 4) is 11.5 Å². The van der Waals surface area contributed by atoms with E-state index in [-0.39, 0.29) is 11.8 Å². The standard InChI is InChI=1S/C44H72N2O3/c1-6-9-12-13-14-15-16-17-18-19-20-21-22-23-24-25-26-36(44(47)48)32-39-38-28-27-37(46(29-10-7-2)30-11-8-3)33-42(38)49-43-34-41(45-5)35(4)31-40(39)43/h27-28,31,33-34,36,39,45H,6-26,29-30,32H2,1-5H3,(H,47,48). The van der Waals surface area contributed by atoms with Gasteiger partial charge in [0.15, 0.2) is 0 Å². The van der Waals surface area contributed by atoms with Crippen molar-refractivity contribution in [2.75, 3.05) is 30.4 Å². The number of rotatable bonds is 28. The zero-order valence-electron chi connectivity index (χ0n) is 32.2. The van der Waals surface area contributed by atoms with Crippen LogP contribution in [0.5, 0.6) is 11.5 Å². The quantitative estimate of drug-likeness (QED) is 0.0878. The van der Waals surface area contributed by atoms with E-state index in [1.807, 2.05) is 7.05 Å². The first-order valence-electron chi connectivity index (χ1n) is 20.5. The first-order chi connectivity index (χ1) is 23.9. The van der Waals surface area contributed by atoms with E-state index >= 15 is 0 Å². The van der Waals surface area contributed by atoms with Gasteiger partial charge < -0.3 is 20.1 Å². The Bertz CT molecular complexity index is 1200. The van der Waals surface area contributed by atoms with Crippen LogP contribution in [0.3, 0.4) is 0 Å². The van der Waals surface area contributed by atoms with E-state index in [9.17, 15) is 9.90 Å². The van der Waals surface area contributed by atoms with Crippen molar-refractivity contribution in [2.45, 2.75) is 175 Å². The summed E-state index contributed by atoms with van der Waals surface area (Å²) in [5.74, 6) is 0.695. The third-order valence-electron chi connectivity index (χ3n) is 10.8. The maximum Gasteiger partial charge on any atom is 0.306 e. The summed E-state index contributed by atoms with van der Waals surface area (Å²) in [6.07, 6.45) is 27.3. The van der Waals surface area contributed by atoms with Gasteiger partial charge in [-0.2, -0.15) is 0 Å². The van der Waals surface area contributed by atoms with Crippen molar-refractivity contribution in [1.29, 1.82) is 0 Å². The van der Waals surface area contributed by atoms with Crippen LogP contribution in [-0.4, -0.2) is 31.2 Å². The normalized spacial score (nSPS) is 14.2. The Kier molecular flexibility index (Phi) is 19.7. The molecule has 1 heterocycles. The molecule has 0 aromatic heterocycles. The lowest BCUT2D eigenvalue weighted by atomic mass is 9.79. The molecule has 2 atom stereocenters. The molecule has 0 bridgehead atoms. The summed E-state index contributed by atoms with van der Waals surface area (Å²) in [7, 11) is 1.94. The van der Waals surface area contributed by atoms with Gasteiger partial charge in [-0.25, -0.2) is 0 Å². The van der Waals surface area contributed by atoms with Gasteiger partial charge in [0.25, 0.3) is 0 Å². The highest BCUT2D eigenvalue weighted by atomic mass is 16.5. The largest absolute Gasteiger partial charge is 0.481 e. The second-order valence-corrected chi connectivity index (χ2v) is 14.9. The number of benzene rings is 2. The number of unbranched alkanes of at least 4 members (excludes halogenated alkanes) is 17. The fourth-order valence-corrected chi connectivity index (χ4v) is 7.61. The minimum atomic E-state index is -0.666. The van der Waals surface area contributed by atoms with Crippen molar-refractivity contribution in [3.05, 3.63) is 47.0 Å². The number of hydrogen-bond donors (Lipinski definition) is 2. The van der Waals surface area contributed by atoms with Crippen molar-refractivity contribution in [3.63, 3.8) is 0 Å². The Balaban J connectivity index is 1.55. The zero-order valence-corrected chi connectivity index (χ0v) is 32.2. The SMILES string of the molecule is CCCCCCCCCCCCCCCCCCC(CC1c2ccc(N(CCCC)CCCC)cc2Oc2cc(NC)c(C)cc21)C(=O)O. The highest BCUT2D eigenvalue weighted by Crippen LogP contribution is 2.49. The molecule has 2 unspecified atom stereocenters. The molecule has 1 aliphatic rings. The number of carboxylic acids is 1. The molecular formula is C44H72N2O3. The maximum atomic E-state index is 12.7. The number of ether oxygens (including phenoxy) is 1. The number of anilines is 2. The molecule has 5 heteroatoms. The highest BCUT2D eigenvalue weighted by Gasteiger charge is 2.33. The van der Waals surface area contributed by atoms with E-state index in [1.165, 1.54) is 108 Å². The number of hydrogen-bond acceptors (Lipinski definition) is 4. The van der Waals surface area contributed by atoms with Gasteiger partial charge in [-0.1, -0.05) is 142 Å². The predicted molar refractivity (Wildman–Crippen MR) is 211 cm³/mol. The first-order valence-corrected chi connectivity index (χ1v) is 20.5. The van der Waals surface area contributed by atoms with Crippen molar-refractivity contribution >= 4 is 17.3 Å². The third kappa shape index (κ3) is 13.9. The smallest absolute Gasteiger partial charge is 0.306 e. The van der Waals surface area contributed by atoms with Gasteiger partial charge in [0.2, 0.25) is 0 Å². The van der Waals surface area contributed by atoms with Crippen LogP contribution < -0.4 is 15.0 Å². The lowest BCUT2D eigenvalue weighted by Crippen LogP contribution is -2.26. The van der Waals surface area contributed by atoms with Gasteiger partial charge in [-0.3, -0.25) is 4.79 Å². The Labute approximate surface area is 301 Å². The molecule has 2 aromatic carbocycles. The summed E-state index contributed by atoms with van der Waals surface area (Å²) >= 11 is 0. The molecule has 2 N–H and O–H groups in total. The van der Waals surface area contributed by atoms with Crippen LogP contribution in [-0.2, 0) is 4.79 Å². The van der Waals surface area contributed by atoms with Gasteiger partial charge in [0.05, 0.1) is 5.92 Å². The molecule has 0 spiro atoms. The first kappa shape index (κ1) is 40.7. The topological polar surface area (TPSA) is 61.8 Å². The molecule has 276 valence electrons. The second-order valence-electron chi connectivity index (χ2n) is 14.9. The zero-order chi connectivity index (χ0) is 35.3. The van der Waals surface area contributed by atoms with Crippen LogP contribution in [0.25, 0.3) is 0 Å². The Hall–Kier alpha value is -2.69. The van der Waals surface area contributed by atoms with Crippen molar-refractivity contribution in [2.24, 2.45) is 5.92 Å². The van der Waals surface area contributed by atoms with Gasteiger partial charge in [-0.05, 0) is 50.3 Å². The Morgan fingerprint density at radius 2 is 1.22 bits per heavy atom. The molecule has 0 fully saturated rings. The number of fused-ring (bicyclic) bond motifs is 2. The fourth-order valence-electron chi connectivity index (χ4n) is 7.61. The summed E-state index contributed by atoms with van der Waals surface area (Å²) in [6.45, 7) is 11.0.